The second-order valence-corrected chi connectivity index (χ2v) is 7.37. The topological polar surface area (TPSA) is 191 Å². The fraction of sp³-hybridized carbons (Fsp3) is 0.611. The fourth-order valence-electron chi connectivity index (χ4n) is 3.24. The molecule has 1 aromatic rings. The number of H-pyrrole nitrogens is 1. The van der Waals surface area contributed by atoms with Crippen molar-refractivity contribution in [3.05, 3.63) is 18.2 Å². The predicted octanol–water partition coefficient (Wildman–Crippen LogP) is -2.27. The minimum Gasteiger partial charge on any atom is -0.480 e. The average molecular weight is 424 g/mol. The van der Waals surface area contributed by atoms with Gasteiger partial charge in [0.2, 0.25) is 17.7 Å². The molecule has 1 aliphatic heterocycles. The maximum Gasteiger partial charge on any atom is 0.326 e. The van der Waals surface area contributed by atoms with Crippen molar-refractivity contribution in [3.8, 4) is 0 Å². The first-order chi connectivity index (χ1) is 14.1. The summed E-state index contributed by atoms with van der Waals surface area (Å²) in [7, 11) is 0. The van der Waals surface area contributed by atoms with Gasteiger partial charge in [-0.05, 0) is 26.7 Å². The van der Waals surface area contributed by atoms with E-state index in [1.54, 1.807) is 0 Å². The van der Waals surface area contributed by atoms with Crippen LogP contribution in [0.2, 0.25) is 0 Å². The van der Waals surface area contributed by atoms with E-state index in [0.29, 0.717) is 18.5 Å². The molecular formula is C18H28N6O6. The third-order valence-electron chi connectivity index (χ3n) is 4.95. The quantitative estimate of drug-likeness (QED) is 0.255. The number of carbonyl (C=O) groups excluding carboxylic acids is 3. The molecule has 2 rings (SSSR count). The van der Waals surface area contributed by atoms with Crippen molar-refractivity contribution in [2.45, 2.75) is 63.4 Å². The van der Waals surface area contributed by atoms with Gasteiger partial charge in [0.1, 0.15) is 18.1 Å². The van der Waals surface area contributed by atoms with Gasteiger partial charge in [-0.25, -0.2) is 9.78 Å². The second-order valence-electron chi connectivity index (χ2n) is 7.37. The van der Waals surface area contributed by atoms with Crippen molar-refractivity contribution in [2.24, 2.45) is 5.73 Å². The van der Waals surface area contributed by atoms with Gasteiger partial charge in [0, 0.05) is 24.9 Å². The van der Waals surface area contributed by atoms with Crippen LogP contribution in [0.1, 0.15) is 32.4 Å². The number of carboxylic acid groups (broad SMARTS) is 1. The summed E-state index contributed by atoms with van der Waals surface area (Å²) in [5.74, 6) is -3.10. The lowest BCUT2D eigenvalue weighted by Gasteiger charge is -2.29. The van der Waals surface area contributed by atoms with Crippen LogP contribution in [-0.4, -0.2) is 85.6 Å². The Hall–Kier alpha value is -2.99. The highest BCUT2D eigenvalue weighted by molar-refractivity contribution is 5.94. The second kappa shape index (κ2) is 10.2. The SMILES string of the molecule is CC(NC(=O)C(N)Cc1cnc[nH]1)C(=O)NC(C(=O)N1CCCC1C(=O)O)C(C)O. The van der Waals surface area contributed by atoms with Crippen LogP contribution in [0.5, 0.6) is 0 Å². The number of nitrogens with one attached hydrogen (secondary N) is 3. The number of carbonyl (C=O) groups is 4. The minimum absolute atomic E-state index is 0.195. The highest BCUT2D eigenvalue weighted by Crippen LogP contribution is 2.19. The zero-order valence-electron chi connectivity index (χ0n) is 16.9. The van der Waals surface area contributed by atoms with Crippen molar-refractivity contribution < 1.29 is 29.4 Å². The zero-order chi connectivity index (χ0) is 22.4. The third kappa shape index (κ3) is 5.76. The maximum atomic E-state index is 12.7. The summed E-state index contributed by atoms with van der Waals surface area (Å²) in [6, 6.07) is -4.28. The fourth-order valence-corrected chi connectivity index (χ4v) is 3.24. The summed E-state index contributed by atoms with van der Waals surface area (Å²) in [5, 5.41) is 24.1. The molecule has 0 radical (unpaired) electrons. The van der Waals surface area contributed by atoms with E-state index in [1.165, 1.54) is 26.4 Å². The number of aromatic amines is 1. The molecule has 12 heteroatoms. The van der Waals surface area contributed by atoms with E-state index in [4.69, 9.17) is 5.73 Å². The Balaban J connectivity index is 1.95. The van der Waals surface area contributed by atoms with Gasteiger partial charge in [0.05, 0.1) is 18.5 Å². The molecule has 5 atom stereocenters. The van der Waals surface area contributed by atoms with E-state index < -0.39 is 54.0 Å². The van der Waals surface area contributed by atoms with Crippen LogP contribution in [0.4, 0.5) is 0 Å². The Kier molecular flexibility index (Phi) is 7.89. The highest BCUT2D eigenvalue weighted by Gasteiger charge is 2.39. The van der Waals surface area contributed by atoms with Gasteiger partial charge in [-0.3, -0.25) is 14.4 Å². The monoisotopic (exact) mass is 424 g/mol. The van der Waals surface area contributed by atoms with Crippen LogP contribution in [0.15, 0.2) is 12.5 Å². The lowest BCUT2D eigenvalue weighted by molar-refractivity contribution is -0.150. The number of carboxylic acids is 1. The van der Waals surface area contributed by atoms with Crippen molar-refractivity contribution >= 4 is 23.7 Å². The number of hydrogen-bond acceptors (Lipinski definition) is 7. The van der Waals surface area contributed by atoms with Gasteiger partial charge in [0.15, 0.2) is 0 Å². The van der Waals surface area contributed by atoms with Crippen LogP contribution in [0.3, 0.4) is 0 Å². The first-order valence-corrected chi connectivity index (χ1v) is 9.66. The summed E-state index contributed by atoms with van der Waals surface area (Å²) in [6.45, 7) is 2.96. The number of aromatic nitrogens is 2. The molecule has 0 aromatic carbocycles. The van der Waals surface area contributed by atoms with Crippen LogP contribution in [0.25, 0.3) is 0 Å². The van der Waals surface area contributed by atoms with Gasteiger partial charge >= 0.3 is 5.97 Å². The lowest BCUT2D eigenvalue weighted by atomic mass is 10.1. The minimum atomic E-state index is -1.34. The van der Waals surface area contributed by atoms with E-state index >= 15 is 0 Å². The van der Waals surface area contributed by atoms with Crippen LogP contribution in [0, 0.1) is 0 Å². The number of aliphatic hydroxyl groups is 1. The van der Waals surface area contributed by atoms with Gasteiger partial charge < -0.3 is 36.5 Å². The number of aliphatic hydroxyl groups excluding tert-OH is 1. The Morgan fingerprint density at radius 3 is 2.57 bits per heavy atom. The number of aliphatic carboxylic acids is 1. The Morgan fingerprint density at radius 1 is 1.30 bits per heavy atom. The number of imidazole rings is 1. The van der Waals surface area contributed by atoms with Crippen LogP contribution in [-0.2, 0) is 25.6 Å². The zero-order valence-corrected chi connectivity index (χ0v) is 16.9. The highest BCUT2D eigenvalue weighted by atomic mass is 16.4. The lowest BCUT2D eigenvalue weighted by Crippen LogP contribution is -2.59. The number of hydrogen-bond donors (Lipinski definition) is 6. The number of rotatable bonds is 9. The summed E-state index contributed by atoms with van der Waals surface area (Å²) < 4.78 is 0. The van der Waals surface area contributed by atoms with Crippen LogP contribution >= 0.6 is 0 Å². The molecular weight excluding hydrogens is 396 g/mol. The molecule has 12 nitrogen and oxygen atoms in total. The van der Waals surface area contributed by atoms with E-state index in [9.17, 15) is 29.4 Å². The summed E-state index contributed by atoms with van der Waals surface area (Å²) >= 11 is 0. The van der Waals surface area contributed by atoms with Crippen molar-refractivity contribution in [1.29, 1.82) is 0 Å². The molecule has 30 heavy (non-hydrogen) atoms. The van der Waals surface area contributed by atoms with E-state index in [1.807, 2.05) is 0 Å². The molecule has 3 amide bonds. The first-order valence-electron chi connectivity index (χ1n) is 9.66. The predicted molar refractivity (Wildman–Crippen MR) is 104 cm³/mol. The van der Waals surface area contributed by atoms with Gasteiger partial charge in [-0.1, -0.05) is 0 Å². The van der Waals surface area contributed by atoms with Crippen molar-refractivity contribution in [3.63, 3.8) is 0 Å². The normalized spacial score (nSPS) is 20.1. The molecule has 1 aromatic heterocycles. The molecule has 0 spiro atoms. The standard InChI is InChI=1S/C18H28N6O6/c1-9(22-16(27)12(19)6-11-7-20-8-21-11)15(26)23-14(10(2)25)17(28)24-5-3-4-13(24)18(29)30/h7-10,12-14,25H,3-6,19H2,1-2H3,(H,20,21)(H,22,27)(H,23,26)(H,29,30). The van der Waals surface area contributed by atoms with Gasteiger partial charge in [0.25, 0.3) is 0 Å². The summed E-state index contributed by atoms with van der Waals surface area (Å²) in [6.07, 6.45) is 2.75. The molecule has 1 fully saturated rings. The van der Waals surface area contributed by atoms with Gasteiger partial charge in [-0.2, -0.15) is 0 Å². The molecule has 1 saturated heterocycles. The largest absolute Gasteiger partial charge is 0.480 e. The molecule has 0 bridgehead atoms. The summed E-state index contributed by atoms with van der Waals surface area (Å²) in [5.41, 5.74) is 6.49. The van der Waals surface area contributed by atoms with Gasteiger partial charge in [-0.15, -0.1) is 0 Å². The third-order valence-corrected chi connectivity index (χ3v) is 4.95. The number of nitrogens with two attached hydrogens (primary N) is 1. The number of amides is 3. The maximum absolute atomic E-state index is 12.7. The molecule has 0 saturated carbocycles. The Morgan fingerprint density at radius 2 is 2.00 bits per heavy atom. The Bertz CT molecular complexity index is 767. The molecule has 166 valence electrons. The van der Waals surface area contributed by atoms with Crippen molar-refractivity contribution in [2.75, 3.05) is 6.54 Å². The van der Waals surface area contributed by atoms with E-state index in [0.717, 1.165) is 4.90 Å². The van der Waals surface area contributed by atoms with E-state index in [2.05, 4.69) is 20.6 Å². The number of likely N-dealkylation sites (tertiary alicyclic amines) is 1. The molecule has 7 N–H and O–H groups in total. The smallest absolute Gasteiger partial charge is 0.326 e. The molecule has 2 heterocycles. The Labute approximate surface area is 173 Å². The average Bonchev–Trinajstić information content (AvgIpc) is 3.36. The first kappa shape index (κ1) is 23.3. The number of nitrogens with zero attached hydrogens (tertiary/aromatic N) is 2. The van der Waals surface area contributed by atoms with E-state index in [-0.39, 0.29) is 13.0 Å². The summed E-state index contributed by atoms with van der Waals surface area (Å²) in [4.78, 5) is 56.6. The molecule has 1 aliphatic rings. The molecule has 5 unspecified atom stereocenters. The van der Waals surface area contributed by atoms with Crippen molar-refractivity contribution in [1.82, 2.24) is 25.5 Å². The molecule has 0 aliphatic carbocycles. The van der Waals surface area contributed by atoms with Crippen LogP contribution < -0.4 is 16.4 Å².